The molecule has 0 fully saturated rings. The molecule has 1 aromatic rings. The Morgan fingerprint density at radius 1 is 1.33 bits per heavy atom. The highest BCUT2D eigenvalue weighted by atomic mass is 127. The van der Waals surface area contributed by atoms with Crippen molar-refractivity contribution in [1.29, 1.82) is 0 Å². The molecular formula is C18H29IN4O. The van der Waals surface area contributed by atoms with E-state index in [0.29, 0.717) is 12.5 Å². The molecule has 0 aliphatic rings. The highest BCUT2D eigenvalue weighted by Crippen LogP contribution is 2.16. The van der Waals surface area contributed by atoms with Crippen LogP contribution in [0.25, 0.3) is 0 Å². The van der Waals surface area contributed by atoms with E-state index in [1.165, 1.54) is 16.0 Å². The van der Waals surface area contributed by atoms with Gasteiger partial charge in [0.2, 0.25) is 5.91 Å². The maximum Gasteiger partial charge on any atom is 0.243 e. The van der Waals surface area contributed by atoms with Crippen molar-refractivity contribution in [3.63, 3.8) is 0 Å². The van der Waals surface area contributed by atoms with Gasteiger partial charge in [0, 0.05) is 20.6 Å². The van der Waals surface area contributed by atoms with Crippen LogP contribution in [0.2, 0.25) is 0 Å². The summed E-state index contributed by atoms with van der Waals surface area (Å²) in [7, 11) is 3.45. The molecular weight excluding hydrogens is 415 g/mol. The van der Waals surface area contributed by atoms with Crippen molar-refractivity contribution < 1.29 is 4.79 Å². The molecule has 0 aliphatic heterocycles. The lowest BCUT2D eigenvalue weighted by Gasteiger charge is -2.20. The van der Waals surface area contributed by atoms with Crippen LogP contribution in [-0.2, 0) is 4.79 Å². The number of carbonyl (C=O) groups is 1. The predicted molar refractivity (Wildman–Crippen MR) is 112 cm³/mol. The molecule has 1 unspecified atom stereocenters. The smallest absolute Gasteiger partial charge is 0.243 e. The topological polar surface area (TPSA) is 56.7 Å². The van der Waals surface area contributed by atoms with Crippen molar-refractivity contribution in [2.45, 2.75) is 26.8 Å². The first kappa shape index (κ1) is 22.4. The van der Waals surface area contributed by atoms with Crippen LogP contribution in [0.15, 0.2) is 41.4 Å². The van der Waals surface area contributed by atoms with Crippen molar-refractivity contribution in [1.82, 2.24) is 15.5 Å². The molecule has 0 radical (unpaired) electrons. The monoisotopic (exact) mass is 444 g/mol. The standard InChI is InChI=1S/C18H28N4O.HI/c1-13(2)11-19-18(20-12-17(23)22(5)6)21-15(4)16-10-8-7-9-14(16)3;/h7-10,15H,1,11-12H2,2-6H3,(H2,19,20,21);1H. The minimum Gasteiger partial charge on any atom is -0.353 e. The van der Waals surface area contributed by atoms with Gasteiger partial charge in [0.15, 0.2) is 5.96 Å². The Kier molecular flexibility index (Phi) is 10.3. The third kappa shape index (κ3) is 7.81. The number of hydrogen-bond acceptors (Lipinski definition) is 2. The van der Waals surface area contributed by atoms with Gasteiger partial charge in [0.25, 0.3) is 0 Å². The SMILES string of the molecule is C=C(C)CNC(=NCC(=O)N(C)C)NC(C)c1ccccc1C.I. The van der Waals surface area contributed by atoms with E-state index < -0.39 is 0 Å². The molecule has 0 saturated heterocycles. The summed E-state index contributed by atoms with van der Waals surface area (Å²) in [6.07, 6.45) is 0. The third-order valence-corrected chi connectivity index (χ3v) is 3.44. The zero-order chi connectivity index (χ0) is 17.4. The van der Waals surface area contributed by atoms with E-state index in [0.717, 1.165) is 5.57 Å². The number of halogens is 1. The molecule has 6 heteroatoms. The molecule has 0 aliphatic carbocycles. The van der Waals surface area contributed by atoms with Crippen molar-refractivity contribution in [2.24, 2.45) is 4.99 Å². The number of nitrogens with one attached hydrogen (secondary N) is 2. The summed E-state index contributed by atoms with van der Waals surface area (Å²) in [4.78, 5) is 17.6. The molecule has 0 bridgehead atoms. The summed E-state index contributed by atoms with van der Waals surface area (Å²) in [6, 6.07) is 8.31. The third-order valence-electron chi connectivity index (χ3n) is 3.44. The molecule has 0 saturated carbocycles. The quantitative estimate of drug-likeness (QED) is 0.307. The predicted octanol–water partition coefficient (Wildman–Crippen LogP) is 2.87. The molecule has 1 atom stereocenters. The van der Waals surface area contributed by atoms with Crippen LogP contribution in [0.4, 0.5) is 0 Å². The van der Waals surface area contributed by atoms with E-state index in [4.69, 9.17) is 0 Å². The summed E-state index contributed by atoms with van der Waals surface area (Å²) in [5, 5.41) is 6.55. The second-order valence-corrected chi connectivity index (χ2v) is 5.99. The number of rotatable bonds is 6. The van der Waals surface area contributed by atoms with E-state index in [1.807, 2.05) is 19.1 Å². The zero-order valence-electron chi connectivity index (χ0n) is 15.2. The first-order valence-corrected chi connectivity index (χ1v) is 7.76. The van der Waals surface area contributed by atoms with E-state index in [1.54, 1.807) is 14.1 Å². The first-order chi connectivity index (χ1) is 10.8. The normalized spacial score (nSPS) is 12.0. The van der Waals surface area contributed by atoms with Crippen LogP contribution >= 0.6 is 24.0 Å². The fourth-order valence-corrected chi connectivity index (χ4v) is 2.03. The molecule has 1 amide bonds. The van der Waals surface area contributed by atoms with E-state index in [-0.39, 0.29) is 42.5 Å². The van der Waals surface area contributed by atoms with Crippen LogP contribution < -0.4 is 10.6 Å². The van der Waals surface area contributed by atoms with E-state index in [9.17, 15) is 4.79 Å². The molecule has 134 valence electrons. The lowest BCUT2D eigenvalue weighted by atomic mass is 10.0. The number of benzene rings is 1. The molecule has 5 nitrogen and oxygen atoms in total. The van der Waals surface area contributed by atoms with Gasteiger partial charge < -0.3 is 15.5 Å². The summed E-state index contributed by atoms with van der Waals surface area (Å²) in [5.74, 6) is 0.573. The number of amides is 1. The number of carbonyl (C=O) groups excluding carboxylic acids is 1. The fraction of sp³-hybridized carbons (Fsp3) is 0.444. The van der Waals surface area contributed by atoms with Crippen LogP contribution in [0.1, 0.15) is 31.0 Å². The van der Waals surface area contributed by atoms with Crippen molar-refractivity contribution in [2.75, 3.05) is 27.2 Å². The second kappa shape index (κ2) is 11.1. The lowest BCUT2D eigenvalue weighted by molar-refractivity contribution is -0.127. The van der Waals surface area contributed by atoms with Crippen molar-refractivity contribution in [3.05, 3.63) is 47.5 Å². The number of hydrogen-bond donors (Lipinski definition) is 2. The summed E-state index contributed by atoms with van der Waals surface area (Å²) < 4.78 is 0. The lowest BCUT2D eigenvalue weighted by Crippen LogP contribution is -2.40. The highest BCUT2D eigenvalue weighted by molar-refractivity contribution is 14.0. The van der Waals surface area contributed by atoms with Gasteiger partial charge >= 0.3 is 0 Å². The Bertz CT molecular complexity index is 584. The van der Waals surface area contributed by atoms with Gasteiger partial charge in [-0.25, -0.2) is 4.99 Å². The zero-order valence-corrected chi connectivity index (χ0v) is 17.5. The first-order valence-electron chi connectivity index (χ1n) is 7.76. The van der Waals surface area contributed by atoms with E-state index in [2.05, 4.69) is 48.2 Å². The summed E-state index contributed by atoms with van der Waals surface area (Å²) in [6.45, 7) is 10.7. The Hall–Kier alpha value is -1.57. The highest BCUT2D eigenvalue weighted by Gasteiger charge is 2.11. The Morgan fingerprint density at radius 3 is 2.50 bits per heavy atom. The molecule has 0 aromatic heterocycles. The molecule has 0 heterocycles. The second-order valence-electron chi connectivity index (χ2n) is 5.99. The van der Waals surface area contributed by atoms with Crippen LogP contribution in [0, 0.1) is 6.92 Å². The summed E-state index contributed by atoms with van der Waals surface area (Å²) in [5.41, 5.74) is 3.43. The average Bonchev–Trinajstić information content (AvgIpc) is 2.49. The number of nitrogens with zero attached hydrogens (tertiary/aromatic N) is 2. The fourth-order valence-electron chi connectivity index (χ4n) is 2.03. The molecule has 1 aromatic carbocycles. The number of guanidine groups is 1. The van der Waals surface area contributed by atoms with Crippen molar-refractivity contribution >= 4 is 35.8 Å². The van der Waals surface area contributed by atoms with Gasteiger partial charge in [-0.15, -0.1) is 24.0 Å². The van der Waals surface area contributed by atoms with Gasteiger partial charge in [0.05, 0.1) is 6.04 Å². The van der Waals surface area contributed by atoms with Gasteiger partial charge in [-0.3, -0.25) is 4.79 Å². The van der Waals surface area contributed by atoms with Crippen LogP contribution in [0.5, 0.6) is 0 Å². The minimum atomic E-state index is -0.0371. The molecule has 2 N–H and O–H groups in total. The Balaban J connectivity index is 0.00000529. The number of likely N-dealkylation sites (N-methyl/N-ethyl adjacent to an activating group) is 1. The van der Waals surface area contributed by atoms with Gasteiger partial charge in [-0.2, -0.15) is 0 Å². The number of aliphatic imine (C=N–C) groups is 1. The largest absolute Gasteiger partial charge is 0.353 e. The number of aryl methyl sites for hydroxylation is 1. The van der Waals surface area contributed by atoms with Gasteiger partial charge in [-0.05, 0) is 31.9 Å². The van der Waals surface area contributed by atoms with Gasteiger partial charge in [-0.1, -0.05) is 36.4 Å². The van der Waals surface area contributed by atoms with Crippen LogP contribution in [0.3, 0.4) is 0 Å². The summed E-state index contributed by atoms with van der Waals surface area (Å²) >= 11 is 0. The Morgan fingerprint density at radius 2 is 1.96 bits per heavy atom. The maximum absolute atomic E-state index is 11.7. The Labute approximate surface area is 162 Å². The maximum atomic E-state index is 11.7. The van der Waals surface area contributed by atoms with Crippen molar-refractivity contribution in [3.8, 4) is 0 Å². The molecule has 1 rings (SSSR count). The average molecular weight is 444 g/mol. The van der Waals surface area contributed by atoms with Crippen LogP contribution in [-0.4, -0.2) is 44.0 Å². The van der Waals surface area contributed by atoms with E-state index >= 15 is 0 Å². The molecule has 0 spiro atoms. The minimum absolute atomic E-state index is 0. The van der Waals surface area contributed by atoms with Gasteiger partial charge in [0.1, 0.15) is 6.54 Å². The molecule has 24 heavy (non-hydrogen) atoms.